The van der Waals surface area contributed by atoms with Gasteiger partial charge >= 0.3 is 0 Å². The zero-order valence-electron chi connectivity index (χ0n) is 13.7. The van der Waals surface area contributed by atoms with Gasteiger partial charge in [0.25, 0.3) is 0 Å². The maximum atomic E-state index is 11.1. The molecule has 0 bridgehead atoms. The number of aliphatic hydroxyl groups is 1. The third kappa shape index (κ3) is 3.08. The number of hydrogen-bond donors (Lipinski definition) is 1. The molecule has 1 saturated heterocycles. The van der Waals surface area contributed by atoms with E-state index in [1.807, 2.05) is 18.2 Å². The molecule has 1 N–H and O–H groups in total. The van der Waals surface area contributed by atoms with Crippen molar-refractivity contribution < 1.29 is 14.6 Å². The fraction of sp³-hybridized carbons (Fsp3) is 0.667. The van der Waals surface area contributed by atoms with Crippen LogP contribution in [-0.2, 0) is 5.60 Å². The topological polar surface area (TPSA) is 41.9 Å². The lowest BCUT2D eigenvalue weighted by atomic mass is 9.83. The molecule has 0 aromatic heterocycles. The van der Waals surface area contributed by atoms with Crippen LogP contribution in [0.2, 0.25) is 0 Å². The summed E-state index contributed by atoms with van der Waals surface area (Å²) in [6, 6.07) is 6.46. The summed E-state index contributed by atoms with van der Waals surface area (Å²) in [5.74, 6) is 1.47. The molecule has 0 atom stereocenters. The van der Waals surface area contributed by atoms with Crippen LogP contribution in [0.3, 0.4) is 0 Å². The highest BCUT2D eigenvalue weighted by molar-refractivity contribution is 5.41. The van der Waals surface area contributed by atoms with E-state index in [0.29, 0.717) is 0 Å². The number of nitrogens with zero attached hydrogens (tertiary/aromatic N) is 1. The van der Waals surface area contributed by atoms with Crippen LogP contribution < -0.4 is 9.47 Å². The maximum absolute atomic E-state index is 11.1. The third-order valence-electron chi connectivity index (χ3n) is 5.36. The highest BCUT2D eigenvalue weighted by Gasteiger charge is 2.37. The minimum Gasteiger partial charge on any atom is -0.497 e. The Balaban J connectivity index is 1.74. The van der Waals surface area contributed by atoms with Crippen LogP contribution in [0.5, 0.6) is 11.5 Å². The van der Waals surface area contributed by atoms with Crippen molar-refractivity contribution in [2.24, 2.45) is 0 Å². The van der Waals surface area contributed by atoms with Gasteiger partial charge in [0.2, 0.25) is 0 Å². The Hall–Kier alpha value is -1.26. The van der Waals surface area contributed by atoms with E-state index in [2.05, 4.69) is 4.90 Å². The first kappa shape index (κ1) is 15.6. The molecule has 4 nitrogen and oxygen atoms in total. The molecule has 1 aliphatic carbocycles. The fourth-order valence-corrected chi connectivity index (χ4v) is 3.89. The molecule has 1 heterocycles. The van der Waals surface area contributed by atoms with Crippen molar-refractivity contribution in [2.75, 3.05) is 27.3 Å². The summed E-state index contributed by atoms with van der Waals surface area (Å²) in [4.78, 5) is 2.57. The monoisotopic (exact) mass is 305 g/mol. The van der Waals surface area contributed by atoms with E-state index in [4.69, 9.17) is 9.47 Å². The smallest absolute Gasteiger partial charge is 0.122 e. The number of likely N-dealkylation sites (tertiary alicyclic amines) is 1. The third-order valence-corrected chi connectivity index (χ3v) is 5.36. The number of rotatable bonds is 4. The van der Waals surface area contributed by atoms with Crippen molar-refractivity contribution in [3.63, 3.8) is 0 Å². The van der Waals surface area contributed by atoms with Crippen LogP contribution in [0.4, 0.5) is 0 Å². The molecule has 22 heavy (non-hydrogen) atoms. The second-order valence-corrected chi connectivity index (χ2v) is 6.61. The van der Waals surface area contributed by atoms with Gasteiger partial charge in [-0.1, -0.05) is 12.8 Å². The Morgan fingerprint density at radius 2 is 1.55 bits per heavy atom. The van der Waals surface area contributed by atoms with Crippen LogP contribution in [0, 0.1) is 0 Å². The molecule has 122 valence electrons. The molecule has 1 aromatic carbocycles. The van der Waals surface area contributed by atoms with E-state index < -0.39 is 5.60 Å². The summed E-state index contributed by atoms with van der Waals surface area (Å²) in [6.45, 7) is 1.95. The molecule has 2 aliphatic rings. The molecular weight excluding hydrogens is 278 g/mol. The van der Waals surface area contributed by atoms with Crippen LogP contribution >= 0.6 is 0 Å². The van der Waals surface area contributed by atoms with Crippen molar-refractivity contribution in [3.05, 3.63) is 23.8 Å². The minimum atomic E-state index is -0.767. The lowest BCUT2D eigenvalue weighted by Crippen LogP contribution is -2.46. The Morgan fingerprint density at radius 3 is 2.05 bits per heavy atom. The van der Waals surface area contributed by atoms with Gasteiger partial charge in [0.15, 0.2) is 0 Å². The molecule has 1 aliphatic heterocycles. The lowest BCUT2D eigenvalue weighted by molar-refractivity contribution is -0.0352. The maximum Gasteiger partial charge on any atom is 0.122 e. The minimum absolute atomic E-state index is 0.737. The van der Waals surface area contributed by atoms with Gasteiger partial charge in [-0.2, -0.15) is 0 Å². The van der Waals surface area contributed by atoms with Gasteiger partial charge in [-0.3, -0.25) is 0 Å². The van der Waals surface area contributed by atoms with Gasteiger partial charge in [-0.05, 0) is 43.4 Å². The average Bonchev–Trinajstić information content (AvgIpc) is 3.09. The quantitative estimate of drug-likeness (QED) is 0.929. The molecule has 2 fully saturated rings. The number of hydrogen-bond acceptors (Lipinski definition) is 4. The standard InChI is InChI=1S/C18H27NO3/c1-21-16-11-14(12-17(13-16)22-2)18(20)7-9-19(10-8-18)15-5-3-4-6-15/h11-13,15,20H,3-10H2,1-2H3. The molecule has 4 heteroatoms. The largest absolute Gasteiger partial charge is 0.497 e. The first-order valence-electron chi connectivity index (χ1n) is 8.34. The molecule has 0 radical (unpaired) electrons. The molecule has 1 aromatic rings. The van der Waals surface area contributed by atoms with Crippen LogP contribution in [-0.4, -0.2) is 43.4 Å². The predicted octanol–water partition coefficient (Wildman–Crippen LogP) is 2.93. The number of benzene rings is 1. The first-order valence-corrected chi connectivity index (χ1v) is 8.34. The van der Waals surface area contributed by atoms with E-state index >= 15 is 0 Å². The SMILES string of the molecule is COc1cc(OC)cc(C2(O)CCN(C3CCCC3)CC2)c1. The summed E-state index contributed by atoms with van der Waals surface area (Å²) >= 11 is 0. The predicted molar refractivity (Wildman–Crippen MR) is 86.5 cm³/mol. The molecule has 0 spiro atoms. The van der Waals surface area contributed by atoms with Crippen molar-refractivity contribution in [1.82, 2.24) is 4.90 Å². The summed E-state index contributed by atoms with van der Waals surface area (Å²) in [7, 11) is 3.29. The number of ether oxygens (including phenoxy) is 2. The molecule has 0 unspecified atom stereocenters. The number of methoxy groups -OCH3 is 2. The number of piperidine rings is 1. The second-order valence-electron chi connectivity index (χ2n) is 6.61. The Bertz CT molecular complexity index is 481. The molecular formula is C18H27NO3. The second kappa shape index (κ2) is 6.47. The van der Waals surface area contributed by atoms with Crippen LogP contribution in [0.1, 0.15) is 44.1 Å². The van der Waals surface area contributed by atoms with E-state index in [9.17, 15) is 5.11 Å². The highest BCUT2D eigenvalue weighted by atomic mass is 16.5. The molecule has 1 saturated carbocycles. The van der Waals surface area contributed by atoms with Gasteiger partial charge in [0, 0.05) is 25.2 Å². The van der Waals surface area contributed by atoms with Crippen LogP contribution in [0.25, 0.3) is 0 Å². The van der Waals surface area contributed by atoms with Crippen molar-refractivity contribution in [3.8, 4) is 11.5 Å². The zero-order chi connectivity index (χ0) is 15.6. The normalized spacial score (nSPS) is 22.7. The van der Waals surface area contributed by atoms with Crippen molar-refractivity contribution in [2.45, 2.75) is 50.2 Å². The summed E-state index contributed by atoms with van der Waals surface area (Å²) < 4.78 is 10.7. The van der Waals surface area contributed by atoms with E-state index in [1.54, 1.807) is 14.2 Å². The first-order chi connectivity index (χ1) is 10.6. The zero-order valence-corrected chi connectivity index (χ0v) is 13.7. The van der Waals surface area contributed by atoms with Gasteiger partial charge in [0.05, 0.1) is 19.8 Å². The van der Waals surface area contributed by atoms with E-state index in [0.717, 1.165) is 49.0 Å². The van der Waals surface area contributed by atoms with Crippen molar-refractivity contribution >= 4 is 0 Å². The lowest BCUT2D eigenvalue weighted by Gasteiger charge is -2.41. The fourth-order valence-electron chi connectivity index (χ4n) is 3.89. The van der Waals surface area contributed by atoms with Crippen molar-refractivity contribution in [1.29, 1.82) is 0 Å². The van der Waals surface area contributed by atoms with Crippen LogP contribution in [0.15, 0.2) is 18.2 Å². The van der Waals surface area contributed by atoms with E-state index in [-0.39, 0.29) is 0 Å². The molecule has 0 amide bonds. The summed E-state index contributed by atoms with van der Waals surface area (Å²) in [6.07, 6.45) is 6.92. The summed E-state index contributed by atoms with van der Waals surface area (Å²) in [5, 5.41) is 11.1. The van der Waals surface area contributed by atoms with Gasteiger partial charge in [-0.25, -0.2) is 0 Å². The molecule has 3 rings (SSSR count). The Kier molecular flexibility index (Phi) is 4.59. The Morgan fingerprint density at radius 1 is 1.00 bits per heavy atom. The van der Waals surface area contributed by atoms with Gasteiger partial charge in [-0.15, -0.1) is 0 Å². The van der Waals surface area contributed by atoms with Gasteiger partial charge < -0.3 is 19.5 Å². The van der Waals surface area contributed by atoms with Gasteiger partial charge in [0.1, 0.15) is 11.5 Å². The average molecular weight is 305 g/mol. The Labute approximate surface area is 133 Å². The highest BCUT2D eigenvalue weighted by Crippen LogP contribution is 2.38. The summed E-state index contributed by atoms with van der Waals surface area (Å²) in [5.41, 5.74) is 0.145. The van der Waals surface area contributed by atoms with E-state index in [1.165, 1.54) is 25.7 Å².